The van der Waals surface area contributed by atoms with Crippen LogP contribution >= 0.6 is 23.6 Å². The van der Waals surface area contributed by atoms with Crippen LogP contribution in [0.4, 0.5) is 0 Å². The molecule has 0 fully saturated rings. The Bertz CT molecular complexity index is 874. The molecule has 1 N–H and O–H groups in total. The van der Waals surface area contributed by atoms with E-state index in [1.54, 1.807) is 22.2 Å². The summed E-state index contributed by atoms with van der Waals surface area (Å²) < 4.78 is 7.54. The lowest BCUT2D eigenvalue weighted by Gasteiger charge is -2.04. The van der Waals surface area contributed by atoms with Gasteiger partial charge in [0.25, 0.3) is 0 Å². The highest BCUT2D eigenvalue weighted by Crippen LogP contribution is 2.21. The van der Waals surface area contributed by atoms with Crippen LogP contribution in [-0.2, 0) is 0 Å². The van der Waals surface area contributed by atoms with Crippen LogP contribution in [0.1, 0.15) is 16.7 Å². The fourth-order valence-electron chi connectivity index (χ4n) is 2.09. The summed E-state index contributed by atoms with van der Waals surface area (Å²) in [5, 5.41) is 11.5. The number of aromatic amines is 1. The Balaban J connectivity index is 1.92. The topological polar surface area (TPSA) is 55.2 Å². The molecule has 118 valence electrons. The maximum atomic E-state index is 5.46. The van der Waals surface area contributed by atoms with Gasteiger partial charge in [-0.2, -0.15) is 14.9 Å². The standard InChI is InChI=1S/C16H16N4OS2/c1-3-21-13-7-5-12(6-8-13)15-18-19-16(22)20(15)17-10-14-9-4-11(2)23-14/h4-10H,3H2,1-2H3,(H,19,22)/b17-10-. The number of aromatic nitrogens is 3. The molecule has 0 atom stereocenters. The zero-order valence-electron chi connectivity index (χ0n) is 12.8. The highest BCUT2D eigenvalue weighted by atomic mass is 32.1. The average molecular weight is 344 g/mol. The van der Waals surface area contributed by atoms with E-state index in [0.29, 0.717) is 17.2 Å². The predicted octanol–water partition coefficient (Wildman–Crippen LogP) is 4.26. The summed E-state index contributed by atoms with van der Waals surface area (Å²) in [6, 6.07) is 11.8. The third-order valence-electron chi connectivity index (χ3n) is 3.14. The fourth-order valence-corrected chi connectivity index (χ4v) is 3.01. The number of ether oxygens (including phenoxy) is 1. The minimum Gasteiger partial charge on any atom is -0.494 e. The molecule has 23 heavy (non-hydrogen) atoms. The number of aryl methyl sites for hydroxylation is 1. The second kappa shape index (κ2) is 6.89. The van der Waals surface area contributed by atoms with E-state index in [0.717, 1.165) is 16.2 Å². The van der Waals surface area contributed by atoms with Crippen LogP contribution in [0.25, 0.3) is 11.4 Å². The van der Waals surface area contributed by atoms with Crippen LogP contribution in [0.5, 0.6) is 5.75 Å². The van der Waals surface area contributed by atoms with E-state index >= 15 is 0 Å². The van der Waals surface area contributed by atoms with Crippen molar-refractivity contribution in [1.82, 2.24) is 14.9 Å². The molecule has 0 amide bonds. The van der Waals surface area contributed by atoms with Crippen molar-refractivity contribution in [2.24, 2.45) is 5.10 Å². The average Bonchev–Trinajstić information content (AvgIpc) is 3.12. The SMILES string of the molecule is CCOc1ccc(-c2n[nH]c(=S)n2/N=C\c2ccc(C)s2)cc1. The van der Waals surface area contributed by atoms with Crippen LogP contribution in [0.15, 0.2) is 41.5 Å². The van der Waals surface area contributed by atoms with Crippen molar-refractivity contribution in [3.05, 3.63) is 50.9 Å². The number of hydrogen-bond donors (Lipinski definition) is 1. The van der Waals surface area contributed by atoms with Gasteiger partial charge in [0.15, 0.2) is 5.82 Å². The van der Waals surface area contributed by atoms with E-state index in [1.807, 2.05) is 37.3 Å². The van der Waals surface area contributed by atoms with Crippen molar-refractivity contribution < 1.29 is 4.74 Å². The third-order valence-corrected chi connectivity index (χ3v) is 4.34. The first-order chi connectivity index (χ1) is 11.2. The number of nitrogens with one attached hydrogen (secondary N) is 1. The minimum absolute atomic E-state index is 0.457. The fraction of sp³-hybridized carbons (Fsp3) is 0.188. The molecule has 7 heteroatoms. The highest BCUT2D eigenvalue weighted by molar-refractivity contribution is 7.71. The lowest BCUT2D eigenvalue weighted by molar-refractivity contribution is 0.340. The lowest BCUT2D eigenvalue weighted by atomic mass is 10.2. The number of H-pyrrole nitrogens is 1. The molecular formula is C16H16N4OS2. The summed E-state index contributed by atoms with van der Waals surface area (Å²) in [6.45, 7) is 4.67. The van der Waals surface area contributed by atoms with Gasteiger partial charge in [0.2, 0.25) is 4.77 Å². The number of rotatable bonds is 5. The second-order valence-corrected chi connectivity index (χ2v) is 6.52. The summed E-state index contributed by atoms with van der Waals surface area (Å²) in [7, 11) is 0. The number of hydrogen-bond acceptors (Lipinski definition) is 5. The van der Waals surface area contributed by atoms with Crippen LogP contribution in [0.3, 0.4) is 0 Å². The van der Waals surface area contributed by atoms with Crippen molar-refractivity contribution in [3.63, 3.8) is 0 Å². The van der Waals surface area contributed by atoms with Gasteiger partial charge in [-0.15, -0.1) is 11.3 Å². The zero-order chi connectivity index (χ0) is 16.2. The van der Waals surface area contributed by atoms with E-state index in [4.69, 9.17) is 17.0 Å². The van der Waals surface area contributed by atoms with Crippen molar-refractivity contribution in [2.45, 2.75) is 13.8 Å². The van der Waals surface area contributed by atoms with Gasteiger partial charge < -0.3 is 4.74 Å². The van der Waals surface area contributed by atoms with Crippen LogP contribution < -0.4 is 4.74 Å². The molecule has 0 saturated carbocycles. The maximum Gasteiger partial charge on any atom is 0.216 e. The van der Waals surface area contributed by atoms with Crippen LogP contribution in [0, 0.1) is 11.7 Å². The van der Waals surface area contributed by atoms with E-state index in [9.17, 15) is 0 Å². The maximum absolute atomic E-state index is 5.46. The van der Waals surface area contributed by atoms with Crippen molar-refractivity contribution in [1.29, 1.82) is 0 Å². The van der Waals surface area contributed by atoms with Gasteiger partial charge >= 0.3 is 0 Å². The molecule has 0 radical (unpaired) electrons. The molecule has 3 rings (SSSR count). The minimum atomic E-state index is 0.457. The van der Waals surface area contributed by atoms with Gasteiger partial charge in [-0.3, -0.25) is 0 Å². The Hall–Kier alpha value is -2.25. The Morgan fingerprint density at radius 1 is 1.30 bits per heavy atom. The molecule has 0 bridgehead atoms. The third kappa shape index (κ3) is 3.57. The van der Waals surface area contributed by atoms with Gasteiger partial charge in [0.05, 0.1) is 12.8 Å². The normalized spacial score (nSPS) is 11.2. The first-order valence-corrected chi connectivity index (χ1v) is 8.41. The predicted molar refractivity (Wildman–Crippen MR) is 96.1 cm³/mol. The van der Waals surface area contributed by atoms with Crippen LogP contribution in [-0.4, -0.2) is 27.7 Å². The molecule has 0 aliphatic rings. The quantitative estimate of drug-likeness (QED) is 0.556. The monoisotopic (exact) mass is 344 g/mol. The van der Waals surface area contributed by atoms with Crippen molar-refractivity contribution in [2.75, 3.05) is 6.61 Å². The largest absolute Gasteiger partial charge is 0.494 e. The van der Waals surface area contributed by atoms with E-state index in [-0.39, 0.29) is 0 Å². The van der Waals surface area contributed by atoms with Crippen molar-refractivity contribution in [3.8, 4) is 17.1 Å². The molecule has 3 aromatic rings. The van der Waals surface area contributed by atoms with E-state index in [1.165, 1.54) is 4.88 Å². The molecule has 5 nitrogen and oxygen atoms in total. The summed E-state index contributed by atoms with van der Waals surface area (Å²) in [6.07, 6.45) is 1.79. The molecule has 2 heterocycles. The smallest absolute Gasteiger partial charge is 0.216 e. The molecule has 2 aromatic heterocycles. The van der Waals surface area contributed by atoms with Gasteiger partial charge in [-0.25, -0.2) is 5.10 Å². The Morgan fingerprint density at radius 2 is 2.09 bits per heavy atom. The molecule has 0 aliphatic heterocycles. The lowest BCUT2D eigenvalue weighted by Crippen LogP contribution is -1.95. The van der Waals surface area contributed by atoms with Gasteiger partial charge in [0, 0.05) is 15.3 Å². The van der Waals surface area contributed by atoms with Gasteiger partial charge in [-0.1, -0.05) is 0 Å². The molecule has 0 unspecified atom stereocenters. The van der Waals surface area contributed by atoms with Gasteiger partial charge in [0.1, 0.15) is 5.75 Å². The highest BCUT2D eigenvalue weighted by Gasteiger charge is 2.08. The summed E-state index contributed by atoms with van der Waals surface area (Å²) >= 11 is 6.95. The van der Waals surface area contributed by atoms with Crippen LogP contribution in [0.2, 0.25) is 0 Å². The molecule has 0 aliphatic carbocycles. The van der Waals surface area contributed by atoms with Crippen molar-refractivity contribution >= 4 is 29.8 Å². The number of nitrogens with zero attached hydrogens (tertiary/aromatic N) is 3. The summed E-state index contributed by atoms with van der Waals surface area (Å²) in [5.41, 5.74) is 0.917. The summed E-state index contributed by atoms with van der Waals surface area (Å²) in [4.78, 5) is 2.32. The second-order valence-electron chi connectivity index (χ2n) is 4.81. The summed E-state index contributed by atoms with van der Waals surface area (Å²) in [5.74, 6) is 1.50. The first kappa shape index (κ1) is 15.6. The molecule has 0 spiro atoms. The Kier molecular flexibility index (Phi) is 4.68. The Morgan fingerprint density at radius 3 is 2.74 bits per heavy atom. The molecule has 1 aromatic carbocycles. The first-order valence-electron chi connectivity index (χ1n) is 7.19. The number of benzene rings is 1. The van der Waals surface area contributed by atoms with E-state index in [2.05, 4.69) is 28.3 Å². The number of thiophene rings is 1. The van der Waals surface area contributed by atoms with E-state index < -0.39 is 0 Å². The molecular weight excluding hydrogens is 328 g/mol. The molecule has 0 saturated heterocycles. The van der Waals surface area contributed by atoms with Gasteiger partial charge in [-0.05, 0) is 62.5 Å². The Labute approximate surface area is 143 Å². The zero-order valence-corrected chi connectivity index (χ0v) is 14.4.